The maximum atomic E-state index is 12.3. The summed E-state index contributed by atoms with van der Waals surface area (Å²) in [6.07, 6.45) is 1.53. The zero-order chi connectivity index (χ0) is 16.3. The van der Waals surface area contributed by atoms with Crippen LogP contribution in [0.3, 0.4) is 0 Å². The number of ether oxygens (including phenoxy) is 3. The number of cyclic esters (lactones) is 1. The first-order valence-electron chi connectivity index (χ1n) is 7.56. The van der Waals surface area contributed by atoms with Gasteiger partial charge in [-0.05, 0) is 18.8 Å². The smallest absolute Gasteiger partial charge is 0.341 e. The van der Waals surface area contributed by atoms with Crippen LogP contribution in [0.4, 0.5) is 0 Å². The van der Waals surface area contributed by atoms with Crippen molar-refractivity contribution in [3.05, 3.63) is 0 Å². The van der Waals surface area contributed by atoms with Crippen molar-refractivity contribution in [2.75, 3.05) is 7.11 Å². The van der Waals surface area contributed by atoms with E-state index in [1.807, 2.05) is 20.8 Å². The molecule has 5 nitrogen and oxygen atoms in total. The quantitative estimate of drug-likeness (QED) is 0.705. The molecular formula is C16H28O5. The topological polar surface area (TPSA) is 61.8 Å². The number of rotatable bonds is 6. The Morgan fingerprint density at radius 1 is 1.38 bits per heavy atom. The van der Waals surface area contributed by atoms with Gasteiger partial charge in [0.05, 0.1) is 13.5 Å². The van der Waals surface area contributed by atoms with Crippen LogP contribution in [0, 0.1) is 11.3 Å². The van der Waals surface area contributed by atoms with Crippen molar-refractivity contribution >= 4 is 11.9 Å². The van der Waals surface area contributed by atoms with E-state index in [1.165, 1.54) is 7.11 Å². The molecule has 0 aromatic rings. The summed E-state index contributed by atoms with van der Waals surface area (Å²) in [5, 5.41) is 0. The van der Waals surface area contributed by atoms with Crippen molar-refractivity contribution in [3.8, 4) is 0 Å². The first kappa shape index (κ1) is 18.0. The van der Waals surface area contributed by atoms with Crippen molar-refractivity contribution in [2.45, 2.75) is 72.2 Å². The van der Waals surface area contributed by atoms with E-state index < -0.39 is 23.8 Å². The lowest BCUT2D eigenvalue weighted by Gasteiger charge is -2.28. The molecule has 0 aromatic heterocycles. The zero-order valence-electron chi connectivity index (χ0n) is 14.0. The highest BCUT2D eigenvalue weighted by Gasteiger charge is 2.54. The molecule has 0 aromatic carbocycles. The van der Waals surface area contributed by atoms with Gasteiger partial charge >= 0.3 is 11.9 Å². The second kappa shape index (κ2) is 6.77. The predicted molar refractivity (Wildman–Crippen MR) is 78.5 cm³/mol. The summed E-state index contributed by atoms with van der Waals surface area (Å²) in [6.45, 7) is 10.1. The molecule has 0 bridgehead atoms. The van der Waals surface area contributed by atoms with Crippen LogP contribution in [0.2, 0.25) is 0 Å². The van der Waals surface area contributed by atoms with Crippen LogP contribution in [0.15, 0.2) is 0 Å². The summed E-state index contributed by atoms with van der Waals surface area (Å²) < 4.78 is 16.0. The molecule has 0 N–H and O–H groups in total. The Bertz CT molecular complexity index is 383. The first-order chi connectivity index (χ1) is 9.60. The monoisotopic (exact) mass is 300 g/mol. The van der Waals surface area contributed by atoms with E-state index >= 15 is 0 Å². The summed E-state index contributed by atoms with van der Waals surface area (Å²) in [5.41, 5.74) is -1.52. The van der Waals surface area contributed by atoms with Crippen molar-refractivity contribution in [2.24, 2.45) is 11.3 Å². The highest BCUT2D eigenvalue weighted by Crippen LogP contribution is 2.39. The number of carbonyl (C=O) groups excluding carboxylic acids is 2. The minimum Gasteiger partial charge on any atom is -0.469 e. The van der Waals surface area contributed by atoms with Crippen molar-refractivity contribution in [1.29, 1.82) is 0 Å². The average molecular weight is 300 g/mol. The van der Waals surface area contributed by atoms with E-state index in [2.05, 4.69) is 13.8 Å². The molecule has 0 unspecified atom stereocenters. The summed E-state index contributed by atoms with van der Waals surface area (Å²) in [5.74, 6) is -0.362. The lowest BCUT2D eigenvalue weighted by molar-refractivity contribution is -0.163. The fourth-order valence-corrected chi connectivity index (χ4v) is 2.30. The summed E-state index contributed by atoms with van der Waals surface area (Å²) in [6, 6.07) is 0. The Hall–Kier alpha value is -1.10. The van der Waals surface area contributed by atoms with Gasteiger partial charge in [-0.1, -0.05) is 41.0 Å². The number of hydrogen-bond donors (Lipinski definition) is 0. The third-order valence-corrected chi connectivity index (χ3v) is 3.65. The van der Waals surface area contributed by atoms with Crippen LogP contribution in [-0.4, -0.2) is 30.9 Å². The van der Waals surface area contributed by atoms with E-state index in [0.29, 0.717) is 12.3 Å². The predicted octanol–water partition coefficient (Wildman–Crippen LogP) is 3.06. The van der Waals surface area contributed by atoms with Crippen LogP contribution in [-0.2, 0) is 23.8 Å². The van der Waals surface area contributed by atoms with Gasteiger partial charge in [0.15, 0.2) is 5.60 Å². The van der Waals surface area contributed by atoms with E-state index in [0.717, 1.165) is 12.8 Å². The van der Waals surface area contributed by atoms with E-state index in [9.17, 15) is 9.59 Å². The van der Waals surface area contributed by atoms with Gasteiger partial charge in [-0.15, -0.1) is 0 Å². The molecule has 21 heavy (non-hydrogen) atoms. The Morgan fingerprint density at radius 2 is 2.00 bits per heavy atom. The van der Waals surface area contributed by atoms with Gasteiger partial charge in [0.25, 0.3) is 0 Å². The Balaban J connectivity index is 2.86. The molecule has 0 saturated carbocycles. The lowest BCUT2D eigenvalue weighted by Crippen LogP contribution is -2.40. The molecule has 1 aliphatic rings. The molecule has 1 heterocycles. The zero-order valence-corrected chi connectivity index (χ0v) is 14.0. The minimum atomic E-state index is -1.19. The minimum absolute atomic E-state index is 0.0903. The lowest BCUT2D eigenvalue weighted by atomic mass is 9.91. The fraction of sp³-hybridized carbons (Fsp3) is 0.875. The molecule has 1 rings (SSSR count). The highest BCUT2D eigenvalue weighted by atomic mass is 16.8. The van der Waals surface area contributed by atoms with Gasteiger partial charge in [0, 0.05) is 5.41 Å². The molecule has 0 aliphatic carbocycles. The molecule has 0 spiro atoms. The summed E-state index contributed by atoms with van der Waals surface area (Å²) in [4.78, 5) is 24.0. The van der Waals surface area contributed by atoms with Gasteiger partial charge < -0.3 is 14.2 Å². The second-order valence-corrected chi connectivity index (χ2v) is 7.25. The van der Waals surface area contributed by atoms with Gasteiger partial charge in [-0.2, -0.15) is 0 Å². The molecule has 1 aliphatic heterocycles. The van der Waals surface area contributed by atoms with Crippen molar-refractivity contribution in [3.63, 3.8) is 0 Å². The Kier molecular flexibility index (Phi) is 5.79. The van der Waals surface area contributed by atoms with Gasteiger partial charge in [0.2, 0.25) is 6.29 Å². The molecule has 5 heteroatoms. The third kappa shape index (κ3) is 4.70. The molecule has 0 amide bonds. The summed E-state index contributed by atoms with van der Waals surface area (Å²) in [7, 11) is 1.31. The molecule has 1 saturated heterocycles. The standard InChI is InChI=1S/C16H28O5/c1-11(2)8-7-9-16(10-12(17)19-6)13(18)20-14(21-16)15(3,4)5/h11,14H,7-10H2,1-6H3/t14-,16+/m0/s1. The third-order valence-electron chi connectivity index (χ3n) is 3.65. The highest BCUT2D eigenvalue weighted by molar-refractivity contribution is 5.87. The summed E-state index contributed by atoms with van der Waals surface area (Å²) >= 11 is 0. The van der Waals surface area contributed by atoms with Crippen molar-refractivity contribution < 1.29 is 23.8 Å². The van der Waals surface area contributed by atoms with E-state index in [-0.39, 0.29) is 11.8 Å². The van der Waals surface area contributed by atoms with Crippen LogP contribution >= 0.6 is 0 Å². The molecule has 1 fully saturated rings. The second-order valence-electron chi connectivity index (χ2n) is 7.25. The SMILES string of the molecule is COC(=O)C[C@@]1(CCCC(C)C)O[C@@H](C(C)(C)C)OC1=O. The van der Waals surface area contributed by atoms with Gasteiger partial charge in [-0.25, -0.2) is 4.79 Å². The average Bonchev–Trinajstić information content (AvgIpc) is 2.66. The number of esters is 2. The molecule has 0 radical (unpaired) electrons. The maximum Gasteiger partial charge on any atom is 0.341 e. The molecule has 122 valence electrons. The van der Waals surface area contributed by atoms with Crippen LogP contribution in [0.1, 0.15) is 60.3 Å². The Morgan fingerprint density at radius 3 is 2.43 bits per heavy atom. The van der Waals surface area contributed by atoms with Crippen LogP contribution in [0.5, 0.6) is 0 Å². The molecule has 2 atom stereocenters. The van der Waals surface area contributed by atoms with Crippen molar-refractivity contribution in [1.82, 2.24) is 0 Å². The number of carbonyl (C=O) groups is 2. The van der Waals surface area contributed by atoms with Gasteiger partial charge in [0.1, 0.15) is 0 Å². The van der Waals surface area contributed by atoms with E-state index in [1.54, 1.807) is 0 Å². The normalized spacial score (nSPS) is 26.0. The molecular weight excluding hydrogens is 272 g/mol. The van der Waals surface area contributed by atoms with Gasteiger partial charge in [-0.3, -0.25) is 4.79 Å². The van der Waals surface area contributed by atoms with E-state index in [4.69, 9.17) is 14.2 Å². The maximum absolute atomic E-state index is 12.3. The fourth-order valence-electron chi connectivity index (χ4n) is 2.30. The first-order valence-corrected chi connectivity index (χ1v) is 7.56. The largest absolute Gasteiger partial charge is 0.469 e. The van der Waals surface area contributed by atoms with Crippen LogP contribution < -0.4 is 0 Å². The number of hydrogen-bond acceptors (Lipinski definition) is 5. The number of methoxy groups -OCH3 is 1. The Labute approximate surface area is 127 Å². The van der Waals surface area contributed by atoms with Crippen LogP contribution in [0.25, 0.3) is 0 Å².